The maximum Gasteiger partial charge on any atom is 0.319 e. The molecule has 0 N–H and O–H groups in total. The van der Waals surface area contributed by atoms with Gasteiger partial charge in [-0.3, -0.25) is 38.8 Å². The molecule has 33 rings (SSSR count). The van der Waals surface area contributed by atoms with Crippen molar-refractivity contribution < 1.29 is 42.9 Å². The summed E-state index contributed by atoms with van der Waals surface area (Å²) in [4.78, 5) is 69.6. The van der Waals surface area contributed by atoms with Gasteiger partial charge in [0.2, 0.25) is 0 Å². The van der Waals surface area contributed by atoms with Crippen LogP contribution in [0.15, 0.2) is 22.3 Å². The number of epoxide rings is 1. The van der Waals surface area contributed by atoms with Gasteiger partial charge in [0.1, 0.15) is 11.1 Å². The van der Waals surface area contributed by atoms with Crippen LogP contribution in [0.3, 0.4) is 0 Å². The Morgan fingerprint density at radius 1 is 0.258 bits per heavy atom. The smallest absolute Gasteiger partial charge is 0.319 e. The molecule has 1 aliphatic heterocycles. The number of hydrogen-bond acceptors (Lipinski definition) is 13. The summed E-state index contributed by atoms with van der Waals surface area (Å²) >= 11 is 0. The molecule has 0 bridgehead atoms. The zero-order valence-electron chi connectivity index (χ0n) is 48.3. The van der Waals surface area contributed by atoms with Gasteiger partial charge in [0.25, 0.3) is 0 Å². The van der Waals surface area contributed by atoms with Crippen LogP contribution in [0.1, 0.15) is 55.6 Å². The van der Waals surface area contributed by atoms with Crippen molar-refractivity contribution >= 4 is 239 Å². The lowest BCUT2D eigenvalue weighted by molar-refractivity contribution is -0.144. The molecule has 1 saturated heterocycles. The lowest BCUT2D eigenvalue weighted by atomic mass is 9.51. The van der Waals surface area contributed by atoms with Gasteiger partial charge in [-0.05, 0) is 299 Å². The van der Waals surface area contributed by atoms with E-state index in [0.717, 1.165) is 22.3 Å². The summed E-state index contributed by atoms with van der Waals surface area (Å²) in [6.07, 6.45) is 0. The van der Waals surface area contributed by atoms with Gasteiger partial charge in [-0.1, -0.05) is 0 Å². The maximum absolute atomic E-state index is 15.0. The molecular weight excluding hydrogens is 1110 g/mol. The summed E-state index contributed by atoms with van der Waals surface area (Å²) in [5, 5.41) is 54.6. The van der Waals surface area contributed by atoms with E-state index in [1.807, 2.05) is 0 Å². The Labute approximate surface area is 493 Å². The van der Waals surface area contributed by atoms with Crippen LogP contribution in [-0.2, 0) is 70.6 Å². The van der Waals surface area contributed by atoms with Crippen LogP contribution in [-0.4, -0.2) is 132 Å². The highest BCUT2D eigenvalue weighted by atomic mass is 16.6. The monoisotopic (exact) mass is 1140 g/mol. The molecule has 1 fully saturated rings. The Balaban J connectivity index is 1.05. The first-order chi connectivity index (χ1) is 43.4. The van der Waals surface area contributed by atoms with Crippen molar-refractivity contribution in [2.45, 2.75) is 33.4 Å². The van der Waals surface area contributed by atoms with Crippen LogP contribution in [0, 0.1) is 0 Å². The Kier molecular flexibility index (Phi) is 4.37. The predicted octanol–water partition coefficient (Wildman–Crippen LogP) is 11.3. The fourth-order valence-corrected chi connectivity index (χ4v) is 28.7. The molecule has 4 unspecified atom stereocenters. The quantitative estimate of drug-likeness (QED) is 0.0498. The van der Waals surface area contributed by atoms with E-state index in [-0.39, 0.29) is 50.1 Å². The molecule has 4 atom stereocenters. The summed E-state index contributed by atoms with van der Waals surface area (Å²) in [6.45, 7) is -0.124. The predicted molar refractivity (Wildman–Crippen MR) is 338 cm³/mol. The Hall–Kier alpha value is -9.34. The van der Waals surface area contributed by atoms with E-state index in [2.05, 4.69) is 47.8 Å². The number of benzene rings is 15. The lowest BCUT2D eigenvalue weighted by Crippen LogP contribution is -2.63. The molecule has 13 heteroatoms. The number of carbonyl (C=O) groups is 4. The molecule has 89 heavy (non-hydrogen) atoms. The zero-order chi connectivity index (χ0) is 57.2. The number of ether oxygens (including phenoxy) is 5. The second kappa shape index (κ2) is 9.66. The van der Waals surface area contributed by atoms with Gasteiger partial charge in [0.15, 0.2) is 11.2 Å². The van der Waals surface area contributed by atoms with Crippen molar-refractivity contribution in [1.29, 1.82) is 0 Å². The first-order valence-electron chi connectivity index (χ1n) is 31.5. The van der Waals surface area contributed by atoms with E-state index in [4.69, 9.17) is 23.7 Å². The van der Waals surface area contributed by atoms with E-state index in [0.29, 0.717) is 0 Å². The number of carbonyl (C=O) groups excluding carboxylic acids is 4. The number of methoxy groups -OCH3 is 4. The molecule has 0 radical (unpaired) electrons. The topological polar surface area (TPSA) is 131 Å². The SMILES string of the molecule is COC(=O)CN(C)C12C3=C4C5(N(C)CC(=O)OC)c6c1c1c7c2c2c8c9c%10c%11c%12c%13c%14c%15c%16c%17c(c5c5c6c6c1c1c%18c7c8c7c8c9c%12c9c%12c%13c%16c%13c%16c%17c5c5c6c1c1c(c%187)c(c89)c(c%12%13)c1c5%16)C%151OC41C(=C3C2%10N(C)CC(=O)OC)C%11%14N(C)CC(=O)OC. The van der Waals surface area contributed by atoms with Crippen molar-refractivity contribution in [3.05, 3.63) is 77.9 Å². The first-order valence-corrected chi connectivity index (χ1v) is 31.5. The van der Waals surface area contributed by atoms with Gasteiger partial charge in [0.05, 0.1) is 65.7 Å². The van der Waals surface area contributed by atoms with E-state index in [1.54, 1.807) is 0 Å². The molecule has 21 aromatic rings. The van der Waals surface area contributed by atoms with E-state index in [9.17, 15) is 9.59 Å². The Bertz CT molecular complexity index is 7240. The standard InChI is InChI=1S/C76H32N4O9/c1-77(9-13(81)85-5)71-57-47-37-27-22-17-18-20-21-19(17)24-30-28(22)38(37)48-50-40(30)42-32(24)34-26(21)36-35-25(20)33-31-23(18)29(27)39-41(31)51-53-43(33)45(35)55-56-46(36)44(34)54-52(42)62-60(50)72(58(48)57,78(2)10-14(82)86-6)68-67(71)69-73(61(51)59(71)49(39)47,79(3)11-15(83)87-7)63(53)65(55)75-66(56)64(54)74(62,70(68)76(69,75)89-75)80(4)12-16(84)88-8/h9-12H2,1-8H3. The van der Waals surface area contributed by atoms with Crippen LogP contribution in [0.2, 0.25) is 0 Å². The second-order valence-corrected chi connectivity index (χ2v) is 30.3. The van der Waals surface area contributed by atoms with Gasteiger partial charge in [-0.15, -0.1) is 0 Å². The molecule has 13 nitrogen and oxygen atoms in total. The largest absolute Gasteiger partial charge is 0.468 e. The maximum atomic E-state index is 15.0. The number of esters is 4. The highest BCUT2D eigenvalue weighted by molar-refractivity contribution is 6.77. The summed E-state index contributed by atoms with van der Waals surface area (Å²) in [6, 6.07) is 0. The Morgan fingerprint density at radius 3 is 0.640 bits per heavy atom. The Morgan fingerprint density at radius 2 is 0.427 bits per heavy atom. The van der Waals surface area contributed by atoms with Crippen LogP contribution in [0.4, 0.5) is 0 Å². The zero-order valence-corrected chi connectivity index (χ0v) is 48.3. The second-order valence-electron chi connectivity index (χ2n) is 30.3. The molecular formula is C76H32N4O9. The molecule has 0 saturated carbocycles. The van der Waals surface area contributed by atoms with Gasteiger partial charge in [-0.25, -0.2) is 0 Å². The minimum absolute atomic E-state index is 0.0267. The normalized spacial score (nSPS) is 28.2. The molecule has 12 aliphatic rings. The van der Waals surface area contributed by atoms with Crippen molar-refractivity contribution in [2.24, 2.45) is 0 Å². The minimum atomic E-state index is -1.25. The average molecular weight is 1150 g/mol. The third-order valence-electron chi connectivity index (χ3n) is 29.4. The number of rotatable bonds is 12. The van der Waals surface area contributed by atoms with Crippen LogP contribution >= 0.6 is 0 Å². The van der Waals surface area contributed by atoms with E-state index >= 15 is 9.59 Å². The molecule has 2 spiro atoms. The summed E-state index contributed by atoms with van der Waals surface area (Å²) < 4.78 is 32.5. The number of likely N-dealkylation sites (N-methyl/N-ethyl adjacent to an activating group) is 4. The van der Waals surface area contributed by atoms with Crippen LogP contribution in [0.25, 0.3) is 215 Å². The van der Waals surface area contributed by atoms with E-state index in [1.165, 1.54) is 300 Å². The summed E-state index contributed by atoms with van der Waals surface area (Å²) in [5.41, 5.74) is 9.61. The molecule has 1 heterocycles. The molecule has 21 aromatic carbocycles. The van der Waals surface area contributed by atoms with Crippen molar-refractivity contribution in [2.75, 3.05) is 82.8 Å². The van der Waals surface area contributed by atoms with Crippen LogP contribution in [0.5, 0.6) is 0 Å². The molecule has 0 amide bonds. The minimum Gasteiger partial charge on any atom is -0.468 e. The summed E-state index contributed by atoms with van der Waals surface area (Å²) in [7, 11) is 14.8. The van der Waals surface area contributed by atoms with Crippen molar-refractivity contribution in [3.8, 4) is 0 Å². The van der Waals surface area contributed by atoms with Gasteiger partial charge < -0.3 is 23.7 Å². The number of nitrogens with zero attached hydrogens (tertiary/aromatic N) is 4. The third-order valence-corrected chi connectivity index (χ3v) is 29.4. The van der Waals surface area contributed by atoms with Crippen molar-refractivity contribution in [1.82, 2.24) is 19.6 Å². The van der Waals surface area contributed by atoms with E-state index < -0.39 is 33.4 Å². The van der Waals surface area contributed by atoms with Crippen LogP contribution < -0.4 is 0 Å². The van der Waals surface area contributed by atoms with Gasteiger partial charge >= 0.3 is 23.9 Å². The van der Waals surface area contributed by atoms with Gasteiger partial charge in [-0.2, -0.15) is 0 Å². The fourth-order valence-electron chi connectivity index (χ4n) is 28.7. The van der Waals surface area contributed by atoms with Crippen molar-refractivity contribution in [3.63, 3.8) is 0 Å². The third kappa shape index (κ3) is 2.39. The molecule has 0 aromatic heterocycles. The fraction of sp³-hybridized carbons (Fsp3) is 0.237. The first kappa shape index (κ1) is 40.3. The number of hydrogen-bond donors (Lipinski definition) is 0. The molecule has 410 valence electrons. The lowest BCUT2D eigenvalue weighted by Gasteiger charge is -2.60. The summed E-state index contributed by atoms with van der Waals surface area (Å²) in [5.74, 6) is -1.34. The van der Waals surface area contributed by atoms with Gasteiger partial charge in [0, 0.05) is 22.3 Å². The average Bonchev–Trinajstić information content (AvgIpc) is 1.36. The molecule has 11 aliphatic carbocycles. The highest BCUT2D eigenvalue weighted by Crippen LogP contribution is 2.96. The highest BCUT2D eigenvalue weighted by Gasteiger charge is 2.95.